The molecule has 3 aliphatic carbocycles. The van der Waals surface area contributed by atoms with Crippen molar-refractivity contribution in [1.82, 2.24) is 9.97 Å². The first-order chi connectivity index (χ1) is 9.16. The molecule has 96 valence electrons. The van der Waals surface area contributed by atoms with Crippen molar-refractivity contribution in [3.63, 3.8) is 0 Å². The first-order valence-corrected chi connectivity index (χ1v) is 7.07. The van der Waals surface area contributed by atoms with E-state index in [4.69, 9.17) is 4.98 Å². The quantitative estimate of drug-likeness (QED) is 0.768. The summed E-state index contributed by atoms with van der Waals surface area (Å²) in [7, 11) is 0. The summed E-state index contributed by atoms with van der Waals surface area (Å²) in [6.45, 7) is 4.79. The fourth-order valence-corrected chi connectivity index (χ4v) is 3.73. The largest absolute Gasteiger partial charge is 0.255 e. The van der Waals surface area contributed by atoms with Gasteiger partial charge >= 0.3 is 0 Å². The van der Waals surface area contributed by atoms with Gasteiger partial charge in [-0.15, -0.1) is 0 Å². The van der Waals surface area contributed by atoms with Gasteiger partial charge in [0.05, 0.1) is 11.4 Å². The van der Waals surface area contributed by atoms with Crippen LogP contribution >= 0.6 is 0 Å². The van der Waals surface area contributed by atoms with Crippen molar-refractivity contribution < 1.29 is 0 Å². The van der Waals surface area contributed by atoms with Gasteiger partial charge in [0.15, 0.2) is 0 Å². The minimum Gasteiger partial charge on any atom is -0.255 e. The summed E-state index contributed by atoms with van der Waals surface area (Å²) in [5.41, 5.74) is 5.21. The van der Waals surface area contributed by atoms with Crippen LogP contribution in [-0.2, 0) is 6.42 Å². The molecule has 2 heterocycles. The first-order valence-electron chi connectivity index (χ1n) is 7.07. The molecule has 2 aromatic heterocycles. The molecule has 0 aliphatic heterocycles. The lowest BCUT2D eigenvalue weighted by Crippen LogP contribution is -2.48. The zero-order valence-corrected chi connectivity index (χ0v) is 11.4. The van der Waals surface area contributed by atoms with Gasteiger partial charge in [0, 0.05) is 17.8 Å². The second kappa shape index (κ2) is 3.66. The molecule has 2 bridgehead atoms. The third-order valence-electron chi connectivity index (χ3n) is 5.21. The highest BCUT2D eigenvalue weighted by Crippen LogP contribution is 2.61. The van der Waals surface area contributed by atoms with Crippen LogP contribution < -0.4 is 0 Å². The van der Waals surface area contributed by atoms with Crippen LogP contribution in [-0.4, -0.2) is 9.97 Å². The standard InChI is InChI=1S/C17H18N2/c1-17(2)12-9-11-6-7-15(14-5-3-4-8-18-14)19-16(11)13(17)10-12/h3-8,12-13H,9-10H2,1-2H3/t12-,13-/m0/s1. The lowest BCUT2D eigenvalue weighted by molar-refractivity contribution is 0.0156. The number of nitrogens with zero attached hydrogens (tertiary/aromatic N) is 2. The van der Waals surface area contributed by atoms with Gasteiger partial charge in [0.25, 0.3) is 0 Å². The molecule has 5 rings (SSSR count). The summed E-state index contributed by atoms with van der Waals surface area (Å²) in [5.74, 6) is 1.50. The van der Waals surface area contributed by atoms with E-state index in [1.54, 1.807) is 0 Å². The summed E-state index contributed by atoms with van der Waals surface area (Å²) >= 11 is 0. The van der Waals surface area contributed by atoms with Crippen LogP contribution in [0.1, 0.15) is 37.4 Å². The molecule has 2 nitrogen and oxygen atoms in total. The topological polar surface area (TPSA) is 25.8 Å². The SMILES string of the molecule is CC1(C)[C@H]2Cc3ccc(-c4ccccn4)nc3[C@@H]1C2. The summed E-state index contributed by atoms with van der Waals surface area (Å²) in [6.07, 6.45) is 4.35. The molecule has 2 heteroatoms. The summed E-state index contributed by atoms with van der Waals surface area (Å²) in [6, 6.07) is 10.4. The Morgan fingerprint density at radius 1 is 1.11 bits per heavy atom. The molecule has 0 N–H and O–H groups in total. The van der Waals surface area contributed by atoms with Crippen LogP contribution in [0.2, 0.25) is 0 Å². The molecule has 1 saturated carbocycles. The van der Waals surface area contributed by atoms with E-state index < -0.39 is 0 Å². The van der Waals surface area contributed by atoms with E-state index in [-0.39, 0.29) is 0 Å². The second-order valence-corrected chi connectivity index (χ2v) is 6.47. The Hall–Kier alpha value is -1.70. The fraction of sp³-hybridized carbons (Fsp3) is 0.412. The Morgan fingerprint density at radius 3 is 2.74 bits per heavy atom. The Balaban J connectivity index is 1.81. The van der Waals surface area contributed by atoms with Gasteiger partial charge in [-0.25, -0.2) is 0 Å². The van der Waals surface area contributed by atoms with Crippen molar-refractivity contribution in [2.45, 2.75) is 32.6 Å². The van der Waals surface area contributed by atoms with E-state index in [0.29, 0.717) is 11.3 Å². The van der Waals surface area contributed by atoms with E-state index in [0.717, 1.165) is 17.3 Å². The molecule has 1 fully saturated rings. The number of hydrogen-bond acceptors (Lipinski definition) is 2. The molecule has 0 aromatic carbocycles. The maximum absolute atomic E-state index is 4.94. The van der Waals surface area contributed by atoms with Crippen molar-refractivity contribution in [3.8, 4) is 11.4 Å². The Bertz CT molecular complexity index is 631. The van der Waals surface area contributed by atoms with Gasteiger partial charge in [0.2, 0.25) is 0 Å². The van der Waals surface area contributed by atoms with Crippen LogP contribution in [0.3, 0.4) is 0 Å². The summed E-state index contributed by atoms with van der Waals surface area (Å²) < 4.78 is 0. The van der Waals surface area contributed by atoms with Crippen molar-refractivity contribution in [1.29, 1.82) is 0 Å². The summed E-state index contributed by atoms with van der Waals surface area (Å²) in [4.78, 5) is 9.35. The Labute approximate surface area is 113 Å². The smallest absolute Gasteiger partial charge is 0.0889 e. The lowest BCUT2D eigenvalue weighted by Gasteiger charge is -2.56. The predicted octanol–water partition coefficient (Wildman–Crippen LogP) is 3.83. The zero-order chi connectivity index (χ0) is 13.0. The van der Waals surface area contributed by atoms with E-state index in [1.807, 2.05) is 24.4 Å². The highest BCUT2D eigenvalue weighted by Gasteiger charge is 2.53. The number of hydrogen-bond donors (Lipinski definition) is 0. The van der Waals surface area contributed by atoms with E-state index in [2.05, 4.69) is 31.0 Å². The third-order valence-corrected chi connectivity index (χ3v) is 5.21. The number of rotatable bonds is 1. The first kappa shape index (κ1) is 11.2. The van der Waals surface area contributed by atoms with Gasteiger partial charge in [-0.3, -0.25) is 9.97 Å². The highest BCUT2D eigenvalue weighted by atomic mass is 14.8. The van der Waals surface area contributed by atoms with Gasteiger partial charge in [-0.05, 0) is 47.9 Å². The molecule has 0 radical (unpaired) electrons. The molecular weight excluding hydrogens is 232 g/mol. The average molecular weight is 250 g/mol. The van der Waals surface area contributed by atoms with Crippen molar-refractivity contribution in [2.24, 2.45) is 11.3 Å². The monoisotopic (exact) mass is 250 g/mol. The molecule has 0 saturated heterocycles. The zero-order valence-electron chi connectivity index (χ0n) is 11.4. The minimum atomic E-state index is 0.433. The highest BCUT2D eigenvalue weighted by molar-refractivity contribution is 5.55. The van der Waals surface area contributed by atoms with Crippen molar-refractivity contribution >= 4 is 0 Å². The fourth-order valence-electron chi connectivity index (χ4n) is 3.73. The van der Waals surface area contributed by atoms with Crippen LogP contribution in [0, 0.1) is 11.3 Å². The third kappa shape index (κ3) is 1.49. The Morgan fingerprint density at radius 2 is 2.00 bits per heavy atom. The van der Waals surface area contributed by atoms with Gasteiger partial charge in [-0.1, -0.05) is 26.0 Å². The maximum atomic E-state index is 4.94. The van der Waals surface area contributed by atoms with Crippen LogP contribution in [0.25, 0.3) is 11.4 Å². The van der Waals surface area contributed by atoms with Crippen molar-refractivity contribution in [2.75, 3.05) is 0 Å². The molecule has 2 aromatic rings. The predicted molar refractivity (Wildman–Crippen MR) is 75.8 cm³/mol. The van der Waals surface area contributed by atoms with Gasteiger partial charge in [-0.2, -0.15) is 0 Å². The molecule has 0 unspecified atom stereocenters. The van der Waals surface area contributed by atoms with Crippen LogP contribution in [0.5, 0.6) is 0 Å². The van der Waals surface area contributed by atoms with E-state index in [9.17, 15) is 0 Å². The van der Waals surface area contributed by atoms with Crippen LogP contribution in [0.4, 0.5) is 0 Å². The van der Waals surface area contributed by atoms with Gasteiger partial charge in [0.1, 0.15) is 0 Å². The van der Waals surface area contributed by atoms with Crippen molar-refractivity contribution in [3.05, 3.63) is 47.8 Å². The maximum Gasteiger partial charge on any atom is 0.0889 e. The van der Waals surface area contributed by atoms with Gasteiger partial charge < -0.3 is 0 Å². The normalized spacial score (nSPS) is 26.4. The Kier molecular flexibility index (Phi) is 2.15. The number of pyridine rings is 2. The van der Waals surface area contributed by atoms with E-state index in [1.165, 1.54) is 24.1 Å². The molecule has 19 heavy (non-hydrogen) atoms. The molecule has 2 atom stereocenters. The number of aromatic nitrogens is 2. The summed E-state index contributed by atoms with van der Waals surface area (Å²) in [5, 5.41) is 0. The molecule has 0 amide bonds. The molecule has 0 spiro atoms. The molecular formula is C17H18N2. The minimum absolute atomic E-state index is 0.433. The van der Waals surface area contributed by atoms with E-state index >= 15 is 0 Å². The second-order valence-electron chi connectivity index (χ2n) is 6.47. The lowest BCUT2D eigenvalue weighted by atomic mass is 9.48. The van der Waals surface area contributed by atoms with Crippen LogP contribution in [0.15, 0.2) is 36.5 Å². The average Bonchev–Trinajstić information content (AvgIpc) is 2.46. The molecule has 3 aliphatic rings.